The van der Waals surface area contributed by atoms with Gasteiger partial charge < -0.3 is 26.5 Å². The average Bonchev–Trinajstić information content (AvgIpc) is 2.47. The molecule has 2 aromatic rings. The fourth-order valence-electron chi connectivity index (χ4n) is 1.69. The molecule has 0 radical (unpaired) electrons. The normalized spacial score (nSPS) is 11.1. The van der Waals surface area contributed by atoms with Gasteiger partial charge in [-0.2, -0.15) is 0 Å². The number of phenolic OH excluding ortho intramolecular Hbond substituents is 2. The third kappa shape index (κ3) is 3.21. The average molecular weight is 287 g/mol. The Bertz CT molecular complexity index is 696. The largest absolute Gasteiger partial charge is 0.508 e. The van der Waals surface area contributed by atoms with Crippen LogP contribution in [0.1, 0.15) is 15.9 Å². The lowest BCUT2D eigenvalue weighted by atomic mass is 10.1. The zero-order chi connectivity index (χ0) is 15.4. The van der Waals surface area contributed by atoms with Crippen LogP contribution in [0.15, 0.2) is 47.6 Å². The van der Waals surface area contributed by atoms with Crippen molar-refractivity contribution in [3.63, 3.8) is 0 Å². The molecule has 0 aromatic heterocycles. The monoisotopic (exact) mass is 287 g/mol. The standard InChI is InChI=1S/C14H13N3O4/c15-13(17-21)8-1-3-9(4-2-8)16-14(20)11-6-5-10(18)7-12(11)19/h1-7,18-19,21H,(H2,15,17)(H,16,20). The van der Waals surface area contributed by atoms with E-state index < -0.39 is 5.91 Å². The van der Waals surface area contributed by atoms with Gasteiger partial charge in [-0.3, -0.25) is 4.79 Å². The number of oxime groups is 1. The molecule has 6 N–H and O–H groups in total. The fraction of sp³-hybridized carbons (Fsp3) is 0. The highest BCUT2D eigenvalue weighted by molar-refractivity contribution is 6.06. The Hall–Kier alpha value is -3.22. The summed E-state index contributed by atoms with van der Waals surface area (Å²) in [5.74, 6) is -1.01. The molecular weight excluding hydrogens is 274 g/mol. The van der Waals surface area contributed by atoms with Crippen LogP contribution in [0.2, 0.25) is 0 Å². The van der Waals surface area contributed by atoms with Gasteiger partial charge in [0.1, 0.15) is 11.5 Å². The van der Waals surface area contributed by atoms with E-state index in [1.807, 2.05) is 0 Å². The predicted octanol–water partition coefficient (Wildman–Crippen LogP) is 1.44. The summed E-state index contributed by atoms with van der Waals surface area (Å²) in [5, 5.41) is 32.8. The molecule has 0 aliphatic rings. The lowest BCUT2D eigenvalue weighted by molar-refractivity contribution is 0.102. The molecular formula is C14H13N3O4. The summed E-state index contributed by atoms with van der Waals surface area (Å²) in [7, 11) is 0. The van der Waals surface area contributed by atoms with Gasteiger partial charge in [-0.15, -0.1) is 0 Å². The maximum Gasteiger partial charge on any atom is 0.259 e. The van der Waals surface area contributed by atoms with Gasteiger partial charge >= 0.3 is 0 Å². The van der Waals surface area contributed by atoms with Crippen LogP contribution < -0.4 is 11.1 Å². The second-order valence-electron chi connectivity index (χ2n) is 4.22. The van der Waals surface area contributed by atoms with Crippen LogP contribution in [0, 0.1) is 0 Å². The first-order valence-electron chi connectivity index (χ1n) is 5.92. The molecule has 0 unspecified atom stereocenters. The Balaban J connectivity index is 2.16. The molecule has 0 heterocycles. The highest BCUT2D eigenvalue weighted by Gasteiger charge is 2.12. The number of carbonyl (C=O) groups excluding carboxylic acids is 1. The number of nitrogens with zero attached hydrogens (tertiary/aromatic N) is 1. The first-order valence-corrected chi connectivity index (χ1v) is 5.92. The van der Waals surface area contributed by atoms with Gasteiger partial charge in [0, 0.05) is 17.3 Å². The van der Waals surface area contributed by atoms with Crippen molar-refractivity contribution >= 4 is 17.4 Å². The van der Waals surface area contributed by atoms with Gasteiger partial charge in [-0.05, 0) is 36.4 Å². The molecule has 0 bridgehead atoms. The van der Waals surface area contributed by atoms with E-state index in [-0.39, 0.29) is 22.9 Å². The Morgan fingerprint density at radius 2 is 1.76 bits per heavy atom. The van der Waals surface area contributed by atoms with E-state index in [0.29, 0.717) is 11.3 Å². The van der Waals surface area contributed by atoms with Crippen LogP contribution in [0.25, 0.3) is 0 Å². The SMILES string of the molecule is N/C(=N/O)c1ccc(NC(=O)c2ccc(O)cc2O)cc1. The van der Waals surface area contributed by atoms with Crippen LogP contribution in [0.4, 0.5) is 5.69 Å². The zero-order valence-electron chi connectivity index (χ0n) is 10.8. The van der Waals surface area contributed by atoms with Crippen LogP contribution in [0.5, 0.6) is 11.5 Å². The van der Waals surface area contributed by atoms with Gasteiger partial charge in [-0.1, -0.05) is 5.16 Å². The van der Waals surface area contributed by atoms with Gasteiger partial charge in [-0.25, -0.2) is 0 Å². The van der Waals surface area contributed by atoms with E-state index in [1.54, 1.807) is 24.3 Å². The summed E-state index contributed by atoms with van der Waals surface area (Å²) in [6.45, 7) is 0. The lowest BCUT2D eigenvalue weighted by Crippen LogP contribution is -2.14. The van der Waals surface area contributed by atoms with E-state index in [0.717, 1.165) is 6.07 Å². The first-order chi connectivity index (χ1) is 10.0. The minimum atomic E-state index is -0.524. The van der Waals surface area contributed by atoms with Crippen molar-refractivity contribution in [2.45, 2.75) is 0 Å². The molecule has 0 aliphatic carbocycles. The lowest BCUT2D eigenvalue weighted by Gasteiger charge is -2.08. The molecule has 108 valence electrons. The summed E-state index contributed by atoms with van der Waals surface area (Å²) in [5.41, 5.74) is 6.44. The van der Waals surface area contributed by atoms with Crippen LogP contribution in [0.3, 0.4) is 0 Å². The van der Waals surface area contributed by atoms with E-state index in [1.165, 1.54) is 12.1 Å². The number of hydrogen-bond donors (Lipinski definition) is 5. The van der Waals surface area contributed by atoms with Crippen molar-refractivity contribution in [1.29, 1.82) is 0 Å². The van der Waals surface area contributed by atoms with Crippen LogP contribution in [-0.4, -0.2) is 27.2 Å². The zero-order valence-corrected chi connectivity index (χ0v) is 10.8. The number of benzene rings is 2. The number of nitrogens with two attached hydrogens (primary N) is 1. The number of carbonyl (C=O) groups is 1. The molecule has 21 heavy (non-hydrogen) atoms. The number of amides is 1. The smallest absolute Gasteiger partial charge is 0.259 e. The van der Waals surface area contributed by atoms with E-state index in [4.69, 9.17) is 10.9 Å². The number of aromatic hydroxyl groups is 2. The summed E-state index contributed by atoms with van der Waals surface area (Å²) < 4.78 is 0. The molecule has 0 saturated carbocycles. The third-order valence-corrected chi connectivity index (χ3v) is 2.77. The summed E-state index contributed by atoms with van der Waals surface area (Å²) in [4.78, 5) is 12.0. The maximum atomic E-state index is 12.0. The number of phenols is 2. The number of amidine groups is 1. The van der Waals surface area contributed by atoms with Gasteiger partial charge in [0.05, 0.1) is 5.56 Å². The molecule has 1 amide bonds. The van der Waals surface area contributed by atoms with Gasteiger partial charge in [0.25, 0.3) is 5.91 Å². The third-order valence-electron chi connectivity index (χ3n) is 2.77. The number of nitrogens with one attached hydrogen (secondary N) is 1. The van der Waals surface area contributed by atoms with Gasteiger partial charge in [0.15, 0.2) is 5.84 Å². The molecule has 0 spiro atoms. The molecule has 2 rings (SSSR count). The Kier molecular flexibility index (Phi) is 3.94. The summed E-state index contributed by atoms with van der Waals surface area (Å²) in [6, 6.07) is 9.98. The molecule has 0 saturated heterocycles. The maximum absolute atomic E-state index is 12.0. The predicted molar refractivity (Wildman–Crippen MR) is 76.7 cm³/mol. The van der Waals surface area contributed by atoms with E-state index in [9.17, 15) is 15.0 Å². The quantitative estimate of drug-likeness (QED) is 0.252. The Morgan fingerprint density at radius 1 is 1.10 bits per heavy atom. The highest BCUT2D eigenvalue weighted by atomic mass is 16.4. The minimum Gasteiger partial charge on any atom is -0.508 e. The molecule has 2 aromatic carbocycles. The molecule has 7 nitrogen and oxygen atoms in total. The second kappa shape index (κ2) is 5.83. The van der Waals surface area contributed by atoms with Crippen molar-refractivity contribution in [2.75, 3.05) is 5.32 Å². The first kappa shape index (κ1) is 14.2. The second-order valence-corrected chi connectivity index (χ2v) is 4.22. The topological polar surface area (TPSA) is 128 Å². The molecule has 0 fully saturated rings. The summed E-state index contributed by atoms with van der Waals surface area (Å²) >= 11 is 0. The number of hydrogen-bond acceptors (Lipinski definition) is 5. The minimum absolute atomic E-state index is 0.0355. The van der Waals surface area contributed by atoms with Crippen molar-refractivity contribution in [2.24, 2.45) is 10.9 Å². The van der Waals surface area contributed by atoms with Crippen molar-refractivity contribution in [1.82, 2.24) is 0 Å². The van der Waals surface area contributed by atoms with Crippen molar-refractivity contribution in [3.8, 4) is 11.5 Å². The van der Waals surface area contributed by atoms with Crippen molar-refractivity contribution < 1.29 is 20.2 Å². The van der Waals surface area contributed by atoms with E-state index in [2.05, 4.69) is 10.5 Å². The van der Waals surface area contributed by atoms with Gasteiger partial charge in [0.2, 0.25) is 0 Å². The van der Waals surface area contributed by atoms with Crippen molar-refractivity contribution in [3.05, 3.63) is 53.6 Å². The highest BCUT2D eigenvalue weighted by Crippen LogP contribution is 2.23. The Labute approximate surface area is 120 Å². The molecule has 0 aliphatic heterocycles. The number of rotatable bonds is 3. The van der Waals surface area contributed by atoms with E-state index >= 15 is 0 Å². The summed E-state index contributed by atoms with van der Waals surface area (Å²) in [6.07, 6.45) is 0. The molecule has 0 atom stereocenters. The Morgan fingerprint density at radius 3 is 2.33 bits per heavy atom. The fourth-order valence-corrected chi connectivity index (χ4v) is 1.69. The molecule has 7 heteroatoms. The van der Waals surface area contributed by atoms with Crippen LogP contribution in [-0.2, 0) is 0 Å². The number of anilines is 1. The van der Waals surface area contributed by atoms with Crippen LogP contribution >= 0.6 is 0 Å².